The zero-order valence-electron chi connectivity index (χ0n) is 13.1. The third-order valence-corrected chi connectivity index (χ3v) is 5.27. The Morgan fingerprint density at radius 3 is 2.55 bits per heavy atom. The summed E-state index contributed by atoms with van der Waals surface area (Å²) >= 11 is 0. The molecular formula is C15H22N2O3S2. The van der Waals surface area contributed by atoms with Gasteiger partial charge in [0, 0.05) is 24.5 Å². The zero-order chi connectivity index (χ0) is 16.5. The van der Waals surface area contributed by atoms with Gasteiger partial charge in [-0.2, -0.15) is 0 Å². The first kappa shape index (κ1) is 18.9. The van der Waals surface area contributed by atoms with Crippen LogP contribution in [0.4, 0.5) is 5.69 Å². The van der Waals surface area contributed by atoms with E-state index in [0.29, 0.717) is 17.9 Å². The van der Waals surface area contributed by atoms with E-state index in [1.165, 1.54) is 6.07 Å². The normalized spacial score (nSPS) is 10.7. The Balaban J connectivity index is 2.41. The molecule has 0 aromatic heterocycles. The molecule has 2 N–H and O–H groups in total. The number of carbonyl (C=O) groups excluding carboxylic acids is 1. The van der Waals surface area contributed by atoms with E-state index in [9.17, 15) is 9.59 Å². The maximum absolute atomic E-state index is 11.9. The molecule has 0 bridgehead atoms. The van der Waals surface area contributed by atoms with Gasteiger partial charge in [-0.3, -0.25) is 4.79 Å². The van der Waals surface area contributed by atoms with Crippen LogP contribution in [0.2, 0.25) is 0 Å². The Bertz CT molecular complexity index is 522. The minimum absolute atomic E-state index is 0.126. The molecule has 0 aliphatic carbocycles. The van der Waals surface area contributed by atoms with E-state index in [-0.39, 0.29) is 11.5 Å². The predicted molar refractivity (Wildman–Crippen MR) is 94.9 cm³/mol. The van der Waals surface area contributed by atoms with Gasteiger partial charge in [-0.15, -0.1) is 0 Å². The number of carboxylic acids is 1. The Morgan fingerprint density at radius 2 is 1.91 bits per heavy atom. The molecular weight excluding hydrogens is 320 g/mol. The molecule has 1 rings (SSSR count). The van der Waals surface area contributed by atoms with E-state index in [1.807, 2.05) is 14.1 Å². The summed E-state index contributed by atoms with van der Waals surface area (Å²) in [6.07, 6.45) is 0.368. The molecule has 5 nitrogen and oxygen atoms in total. The highest BCUT2D eigenvalue weighted by Crippen LogP contribution is 2.23. The molecule has 0 spiro atoms. The third kappa shape index (κ3) is 6.72. The van der Waals surface area contributed by atoms with E-state index in [4.69, 9.17) is 5.11 Å². The highest BCUT2D eigenvalue weighted by atomic mass is 33.1. The first-order valence-electron chi connectivity index (χ1n) is 6.93. The summed E-state index contributed by atoms with van der Waals surface area (Å²) < 4.78 is 0. The van der Waals surface area contributed by atoms with Crippen molar-refractivity contribution in [2.45, 2.75) is 13.3 Å². The van der Waals surface area contributed by atoms with Crippen molar-refractivity contribution in [2.75, 3.05) is 37.5 Å². The van der Waals surface area contributed by atoms with Crippen molar-refractivity contribution in [1.29, 1.82) is 0 Å². The molecule has 122 valence electrons. The van der Waals surface area contributed by atoms with Gasteiger partial charge in [0.2, 0.25) is 5.91 Å². The molecule has 0 saturated carbocycles. The number of carbonyl (C=O) groups is 2. The summed E-state index contributed by atoms with van der Waals surface area (Å²) in [5.74, 6) is 0.531. The highest BCUT2D eigenvalue weighted by molar-refractivity contribution is 8.76. The van der Waals surface area contributed by atoms with Gasteiger partial charge in [-0.05, 0) is 32.6 Å². The number of anilines is 1. The first-order chi connectivity index (χ1) is 10.4. The van der Waals surface area contributed by atoms with Crippen molar-refractivity contribution >= 4 is 39.2 Å². The van der Waals surface area contributed by atoms with Crippen molar-refractivity contribution < 1.29 is 14.7 Å². The molecule has 1 amide bonds. The summed E-state index contributed by atoms with van der Waals surface area (Å²) in [6.45, 7) is 2.79. The van der Waals surface area contributed by atoms with E-state index < -0.39 is 5.97 Å². The maximum atomic E-state index is 11.9. The minimum Gasteiger partial charge on any atom is -0.478 e. The number of aromatic carboxylic acids is 1. The Labute approximate surface area is 139 Å². The van der Waals surface area contributed by atoms with E-state index in [1.54, 1.807) is 40.6 Å². The van der Waals surface area contributed by atoms with E-state index >= 15 is 0 Å². The molecule has 0 aliphatic rings. The van der Waals surface area contributed by atoms with Gasteiger partial charge in [0.25, 0.3) is 0 Å². The van der Waals surface area contributed by atoms with Crippen molar-refractivity contribution in [1.82, 2.24) is 4.90 Å². The van der Waals surface area contributed by atoms with Gasteiger partial charge >= 0.3 is 5.97 Å². The number of para-hydroxylation sites is 1. The number of nitrogens with zero attached hydrogens (tertiary/aromatic N) is 1. The van der Waals surface area contributed by atoms with Gasteiger partial charge in [0.1, 0.15) is 0 Å². The predicted octanol–water partition coefficient (Wildman–Crippen LogP) is 2.96. The van der Waals surface area contributed by atoms with Crippen LogP contribution in [0.1, 0.15) is 22.3 Å². The lowest BCUT2D eigenvalue weighted by Crippen LogP contribution is -2.16. The van der Waals surface area contributed by atoms with Gasteiger partial charge in [-0.1, -0.05) is 33.7 Å². The second kappa shape index (κ2) is 9.76. The first-order valence-corrected chi connectivity index (χ1v) is 9.42. The molecule has 0 aliphatic heterocycles. The molecule has 22 heavy (non-hydrogen) atoms. The smallest absolute Gasteiger partial charge is 0.337 e. The summed E-state index contributed by atoms with van der Waals surface area (Å²) in [5.41, 5.74) is 1.27. The lowest BCUT2D eigenvalue weighted by molar-refractivity contribution is -0.115. The SMILES string of the molecule is Cc1cccc(C(=O)O)c1NC(=O)CCSSCCN(C)C. The van der Waals surface area contributed by atoms with Crippen LogP contribution in [-0.4, -0.2) is 54.0 Å². The summed E-state index contributed by atoms with van der Waals surface area (Å²) in [6, 6.07) is 4.95. The molecule has 1 aromatic rings. The van der Waals surface area contributed by atoms with Crippen molar-refractivity contribution in [2.24, 2.45) is 0 Å². The molecule has 0 radical (unpaired) electrons. The fourth-order valence-corrected chi connectivity index (χ4v) is 3.81. The fourth-order valence-electron chi connectivity index (χ4n) is 1.69. The third-order valence-electron chi connectivity index (χ3n) is 2.89. The Hall–Kier alpha value is -1.18. The standard InChI is InChI=1S/C15H22N2O3S2/c1-11-5-4-6-12(15(19)20)14(11)16-13(18)7-9-21-22-10-8-17(2)3/h4-6H,7-10H2,1-3H3,(H,16,18)(H,19,20). The number of rotatable bonds is 9. The molecule has 0 fully saturated rings. The highest BCUT2D eigenvalue weighted by Gasteiger charge is 2.14. The number of nitrogens with one attached hydrogen (secondary N) is 1. The largest absolute Gasteiger partial charge is 0.478 e. The minimum atomic E-state index is -1.03. The van der Waals surface area contributed by atoms with Gasteiger partial charge in [-0.25, -0.2) is 4.79 Å². The lowest BCUT2D eigenvalue weighted by Gasteiger charge is -2.11. The van der Waals surface area contributed by atoms with Crippen LogP contribution in [0.15, 0.2) is 18.2 Å². The van der Waals surface area contributed by atoms with E-state index in [0.717, 1.165) is 17.9 Å². The van der Waals surface area contributed by atoms with Gasteiger partial charge in [0.15, 0.2) is 0 Å². The average Bonchev–Trinajstić information content (AvgIpc) is 2.44. The average molecular weight is 342 g/mol. The van der Waals surface area contributed by atoms with Crippen LogP contribution < -0.4 is 5.32 Å². The van der Waals surface area contributed by atoms with Gasteiger partial charge < -0.3 is 15.3 Å². The Morgan fingerprint density at radius 1 is 1.23 bits per heavy atom. The Kier molecular flexibility index (Phi) is 8.37. The molecule has 0 heterocycles. The quantitative estimate of drug-likeness (QED) is 0.531. The van der Waals surface area contributed by atoms with Gasteiger partial charge in [0.05, 0.1) is 11.3 Å². The van der Waals surface area contributed by atoms with Crippen molar-refractivity contribution in [3.05, 3.63) is 29.3 Å². The number of hydrogen-bond acceptors (Lipinski definition) is 5. The van der Waals surface area contributed by atoms with Crippen LogP contribution >= 0.6 is 21.6 Å². The summed E-state index contributed by atoms with van der Waals surface area (Å²) in [4.78, 5) is 25.2. The zero-order valence-corrected chi connectivity index (χ0v) is 14.7. The second-order valence-corrected chi connectivity index (χ2v) is 7.75. The second-order valence-electron chi connectivity index (χ2n) is 5.05. The number of carboxylic acid groups (broad SMARTS) is 1. The summed E-state index contributed by atoms with van der Waals surface area (Å²) in [5, 5.41) is 11.9. The van der Waals surface area contributed by atoms with Crippen LogP contribution in [0.25, 0.3) is 0 Å². The number of amides is 1. The van der Waals surface area contributed by atoms with Crippen LogP contribution in [0, 0.1) is 6.92 Å². The monoisotopic (exact) mass is 342 g/mol. The van der Waals surface area contributed by atoms with Crippen molar-refractivity contribution in [3.8, 4) is 0 Å². The topological polar surface area (TPSA) is 69.6 Å². The van der Waals surface area contributed by atoms with Crippen LogP contribution in [0.3, 0.4) is 0 Å². The number of benzene rings is 1. The number of aryl methyl sites for hydroxylation is 1. The molecule has 0 unspecified atom stereocenters. The van der Waals surface area contributed by atoms with Crippen LogP contribution in [-0.2, 0) is 4.79 Å². The molecule has 0 atom stereocenters. The summed E-state index contributed by atoms with van der Waals surface area (Å²) in [7, 11) is 7.46. The van der Waals surface area contributed by atoms with Crippen LogP contribution in [0.5, 0.6) is 0 Å². The molecule has 0 saturated heterocycles. The molecule has 7 heteroatoms. The number of hydrogen-bond donors (Lipinski definition) is 2. The fraction of sp³-hybridized carbons (Fsp3) is 0.467. The lowest BCUT2D eigenvalue weighted by atomic mass is 10.1. The van der Waals surface area contributed by atoms with Crippen molar-refractivity contribution in [3.63, 3.8) is 0 Å². The van der Waals surface area contributed by atoms with E-state index in [2.05, 4.69) is 10.2 Å². The maximum Gasteiger partial charge on any atom is 0.337 e. The molecule has 1 aromatic carbocycles.